The summed E-state index contributed by atoms with van der Waals surface area (Å²) in [6, 6.07) is 14.6. The Morgan fingerprint density at radius 3 is 2.52 bits per heavy atom. The number of rotatable bonds is 4. The Hall–Kier alpha value is -2.50. The fourth-order valence-corrected chi connectivity index (χ4v) is 2.73. The predicted molar refractivity (Wildman–Crippen MR) is 102 cm³/mol. The van der Waals surface area contributed by atoms with E-state index in [9.17, 15) is 4.79 Å². The van der Waals surface area contributed by atoms with Gasteiger partial charge in [-0.25, -0.2) is 4.79 Å². The van der Waals surface area contributed by atoms with Crippen molar-refractivity contribution in [2.45, 2.75) is 13.5 Å². The summed E-state index contributed by atoms with van der Waals surface area (Å²) >= 11 is 12.3. The molecule has 5 nitrogen and oxygen atoms in total. The van der Waals surface area contributed by atoms with Gasteiger partial charge < -0.3 is 5.32 Å². The monoisotopic (exact) mass is 374 g/mol. The van der Waals surface area contributed by atoms with Crippen LogP contribution >= 0.6 is 23.2 Å². The van der Waals surface area contributed by atoms with E-state index in [0.29, 0.717) is 22.4 Å². The van der Waals surface area contributed by atoms with Gasteiger partial charge >= 0.3 is 6.03 Å². The van der Waals surface area contributed by atoms with Gasteiger partial charge in [-0.05, 0) is 30.2 Å². The molecule has 1 heterocycles. The highest BCUT2D eigenvalue weighted by molar-refractivity contribution is 6.33. The molecule has 0 unspecified atom stereocenters. The number of carbonyl (C=O) groups excluding carboxylic acids is 1. The van der Waals surface area contributed by atoms with Gasteiger partial charge in [0.05, 0.1) is 6.54 Å². The van der Waals surface area contributed by atoms with Crippen LogP contribution in [0.5, 0.6) is 0 Å². The van der Waals surface area contributed by atoms with Crippen molar-refractivity contribution >= 4 is 40.7 Å². The molecule has 3 rings (SSSR count). The molecule has 0 saturated carbocycles. The van der Waals surface area contributed by atoms with E-state index < -0.39 is 6.03 Å². The van der Waals surface area contributed by atoms with Crippen LogP contribution in [-0.4, -0.2) is 15.8 Å². The highest BCUT2D eigenvalue weighted by Gasteiger charge is 2.12. The summed E-state index contributed by atoms with van der Waals surface area (Å²) in [4.78, 5) is 12.2. The number of hydrogen-bond donors (Lipinski definition) is 2. The second kappa shape index (κ2) is 7.59. The van der Waals surface area contributed by atoms with Crippen LogP contribution in [0.4, 0.5) is 16.3 Å². The van der Waals surface area contributed by atoms with Gasteiger partial charge in [0.1, 0.15) is 5.02 Å². The molecule has 2 aromatic carbocycles. The summed E-state index contributed by atoms with van der Waals surface area (Å²) in [5.74, 6) is 0.291. The van der Waals surface area contributed by atoms with E-state index in [4.69, 9.17) is 23.2 Å². The summed E-state index contributed by atoms with van der Waals surface area (Å²) in [5.41, 5.74) is 2.61. The lowest BCUT2D eigenvalue weighted by molar-refractivity contribution is 0.262. The standard InChI is InChI=1S/C18H16Cl2N4O/c1-12-6-2-5-9-16(12)21-18(25)22-17-15(20)11-24(23-17)10-13-7-3-4-8-14(13)19/h2-9,11H,10H2,1H3,(H2,21,22,23,25). The Kier molecular flexibility index (Phi) is 5.26. The molecule has 25 heavy (non-hydrogen) atoms. The van der Waals surface area contributed by atoms with Gasteiger partial charge in [-0.15, -0.1) is 0 Å². The predicted octanol–water partition coefficient (Wildman–Crippen LogP) is 5.19. The average molecular weight is 375 g/mol. The number of carbonyl (C=O) groups is 1. The van der Waals surface area contributed by atoms with Crippen molar-refractivity contribution in [1.29, 1.82) is 0 Å². The van der Waals surface area contributed by atoms with E-state index in [1.165, 1.54) is 0 Å². The molecule has 0 atom stereocenters. The Balaban J connectivity index is 1.69. The molecule has 2 amide bonds. The Labute approximate surface area is 155 Å². The quantitative estimate of drug-likeness (QED) is 0.659. The van der Waals surface area contributed by atoms with Gasteiger partial charge in [-0.2, -0.15) is 5.10 Å². The first-order valence-electron chi connectivity index (χ1n) is 7.63. The Morgan fingerprint density at radius 1 is 1.04 bits per heavy atom. The lowest BCUT2D eigenvalue weighted by atomic mass is 10.2. The van der Waals surface area contributed by atoms with Crippen molar-refractivity contribution in [1.82, 2.24) is 9.78 Å². The van der Waals surface area contributed by atoms with Crippen LogP contribution in [0.25, 0.3) is 0 Å². The van der Waals surface area contributed by atoms with Crippen molar-refractivity contribution in [2.24, 2.45) is 0 Å². The van der Waals surface area contributed by atoms with Gasteiger partial charge in [0.2, 0.25) is 0 Å². The SMILES string of the molecule is Cc1ccccc1NC(=O)Nc1nn(Cc2ccccc2Cl)cc1Cl. The van der Waals surface area contributed by atoms with Crippen molar-refractivity contribution in [3.05, 3.63) is 75.9 Å². The van der Waals surface area contributed by atoms with Crippen LogP contribution in [0, 0.1) is 6.92 Å². The number of halogens is 2. The van der Waals surface area contributed by atoms with E-state index in [0.717, 1.165) is 16.8 Å². The van der Waals surface area contributed by atoms with E-state index in [1.54, 1.807) is 10.9 Å². The molecule has 0 aliphatic rings. The van der Waals surface area contributed by atoms with Gasteiger partial charge in [-0.3, -0.25) is 10.00 Å². The molecule has 0 bridgehead atoms. The zero-order valence-electron chi connectivity index (χ0n) is 13.5. The zero-order valence-corrected chi connectivity index (χ0v) is 15.0. The minimum Gasteiger partial charge on any atom is -0.307 e. The maximum atomic E-state index is 12.2. The zero-order chi connectivity index (χ0) is 17.8. The number of hydrogen-bond acceptors (Lipinski definition) is 2. The van der Waals surface area contributed by atoms with Gasteiger partial charge in [-0.1, -0.05) is 59.6 Å². The topological polar surface area (TPSA) is 59.0 Å². The number of amides is 2. The Bertz CT molecular complexity index is 908. The number of para-hydroxylation sites is 1. The lowest BCUT2D eigenvalue weighted by Gasteiger charge is -2.08. The molecule has 2 N–H and O–H groups in total. The minimum atomic E-state index is -0.404. The average Bonchev–Trinajstić information content (AvgIpc) is 2.91. The summed E-state index contributed by atoms with van der Waals surface area (Å²) < 4.78 is 1.63. The highest BCUT2D eigenvalue weighted by Crippen LogP contribution is 2.22. The lowest BCUT2D eigenvalue weighted by Crippen LogP contribution is -2.20. The summed E-state index contributed by atoms with van der Waals surface area (Å²) in [6.45, 7) is 2.38. The van der Waals surface area contributed by atoms with Crippen LogP contribution in [0.1, 0.15) is 11.1 Å². The number of nitrogens with zero attached hydrogens (tertiary/aromatic N) is 2. The number of urea groups is 1. The van der Waals surface area contributed by atoms with Crippen molar-refractivity contribution in [3.63, 3.8) is 0 Å². The molecule has 0 aliphatic heterocycles. The van der Waals surface area contributed by atoms with E-state index in [1.807, 2.05) is 55.5 Å². The maximum Gasteiger partial charge on any atom is 0.324 e. The van der Waals surface area contributed by atoms with E-state index in [-0.39, 0.29) is 0 Å². The third kappa shape index (κ3) is 4.32. The van der Waals surface area contributed by atoms with Gasteiger partial charge in [0, 0.05) is 16.9 Å². The first-order valence-corrected chi connectivity index (χ1v) is 8.38. The van der Waals surface area contributed by atoms with E-state index in [2.05, 4.69) is 15.7 Å². The largest absolute Gasteiger partial charge is 0.324 e. The third-order valence-electron chi connectivity index (χ3n) is 3.63. The first kappa shape index (κ1) is 17.3. The fraction of sp³-hybridized carbons (Fsp3) is 0.111. The van der Waals surface area contributed by atoms with Crippen molar-refractivity contribution in [3.8, 4) is 0 Å². The van der Waals surface area contributed by atoms with Gasteiger partial charge in [0.25, 0.3) is 0 Å². The van der Waals surface area contributed by atoms with E-state index >= 15 is 0 Å². The molecule has 0 radical (unpaired) electrons. The molecule has 7 heteroatoms. The number of anilines is 2. The smallest absolute Gasteiger partial charge is 0.307 e. The maximum absolute atomic E-state index is 12.2. The van der Waals surface area contributed by atoms with Crippen molar-refractivity contribution in [2.75, 3.05) is 10.6 Å². The molecule has 0 fully saturated rings. The van der Waals surface area contributed by atoms with Gasteiger partial charge in [0.15, 0.2) is 5.82 Å². The number of benzene rings is 2. The molecule has 0 saturated heterocycles. The number of aromatic nitrogens is 2. The molecule has 0 spiro atoms. The summed E-state index contributed by atoms with van der Waals surface area (Å²) in [7, 11) is 0. The molecule has 0 aliphatic carbocycles. The molecular weight excluding hydrogens is 359 g/mol. The molecule has 3 aromatic rings. The van der Waals surface area contributed by atoms with Crippen LogP contribution in [0.15, 0.2) is 54.7 Å². The molecule has 128 valence electrons. The molecule has 1 aromatic heterocycles. The third-order valence-corrected chi connectivity index (χ3v) is 4.28. The van der Waals surface area contributed by atoms with Crippen molar-refractivity contribution < 1.29 is 4.79 Å². The van der Waals surface area contributed by atoms with Crippen LogP contribution < -0.4 is 10.6 Å². The second-order valence-corrected chi connectivity index (χ2v) is 6.32. The minimum absolute atomic E-state index is 0.291. The number of aryl methyl sites for hydroxylation is 1. The Morgan fingerprint density at radius 2 is 1.76 bits per heavy atom. The van der Waals surface area contributed by atoms with Crippen LogP contribution in [0.3, 0.4) is 0 Å². The molecular formula is C18H16Cl2N4O. The first-order chi connectivity index (χ1) is 12.0. The summed E-state index contributed by atoms with van der Waals surface area (Å²) in [5, 5.41) is 10.7. The summed E-state index contributed by atoms with van der Waals surface area (Å²) in [6.07, 6.45) is 1.65. The highest BCUT2D eigenvalue weighted by atomic mass is 35.5. The second-order valence-electron chi connectivity index (χ2n) is 5.51. The van der Waals surface area contributed by atoms with Crippen LogP contribution in [0.2, 0.25) is 10.0 Å². The fourth-order valence-electron chi connectivity index (χ4n) is 2.34. The van der Waals surface area contributed by atoms with Crippen LogP contribution in [-0.2, 0) is 6.54 Å². The normalized spacial score (nSPS) is 10.5. The number of nitrogens with one attached hydrogen (secondary N) is 2.